The molecule has 0 saturated heterocycles. The predicted octanol–water partition coefficient (Wildman–Crippen LogP) is 5.21. The van der Waals surface area contributed by atoms with Crippen molar-refractivity contribution in [1.29, 1.82) is 0 Å². The molecule has 0 radical (unpaired) electrons. The van der Waals surface area contributed by atoms with E-state index in [-0.39, 0.29) is 5.97 Å². The first-order chi connectivity index (χ1) is 16.1. The third-order valence-corrected chi connectivity index (χ3v) is 6.12. The normalized spacial score (nSPS) is 15.1. The van der Waals surface area contributed by atoms with Crippen molar-refractivity contribution in [2.75, 3.05) is 18.5 Å². The first kappa shape index (κ1) is 22.9. The van der Waals surface area contributed by atoms with E-state index in [9.17, 15) is 4.79 Å². The molecule has 0 amide bonds. The molecule has 0 bridgehead atoms. The van der Waals surface area contributed by atoms with Crippen LogP contribution in [0.25, 0.3) is 0 Å². The fourth-order valence-electron chi connectivity index (χ4n) is 3.66. The van der Waals surface area contributed by atoms with Crippen molar-refractivity contribution in [3.05, 3.63) is 77.0 Å². The van der Waals surface area contributed by atoms with Gasteiger partial charge in [0, 0.05) is 11.4 Å². The number of carbonyl (C=O) groups is 1. The Kier molecular flexibility index (Phi) is 7.34. The van der Waals surface area contributed by atoms with E-state index in [0.29, 0.717) is 35.6 Å². The van der Waals surface area contributed by atoms with Crippen LogP contribution in [0.4, 0.5) is 5.95 Å². The van der Waals surface area contributed by atoms with Gasteiger partial charge in [-0.1, -0.05) is 61.2 Å². The molecule has 172 valence electrons. The molecule has 0 fully saturated rings. The summed E-state index contributed by atoms with van der Waals surface area (Å²) in [5.74, 6) is 1.80. The van der Waals surface area contributed by atoms with Gasteiger partial charge in [-0.2, -0.15) is 4.98 Å². The second-order valence-electron chi connectivity index (χ2n) is 7.64. The minimum Gasteiger partial charge on any atom is -0.494 e. The van der Waals surface area contributed by atoms with Crippen molar-refractivity contribution in [1.82, 2.24) is 14.8 Å². The summed E-state index contributed by atoms with van der Waals surface area (Å²) in [5, 5.41) is 8.64. The van der Waals surface area contributed by atoms with E-state index < -0.39 is 6.04 Å². The fraction of sp³-hybridized carbons (Fsp3) is 0.320. The molecule has 2 heterocycles. The van der Waals surface area contributed by atoms with E-state index in [1.54, 1.807) is 23.4 Å². The molecular formula is C25H28N4O3S. The van der Waals surface area contributed by atoms with Gasteiger partial charge in [-0.05, 0) is 43.5 Å². The van der Waals surface area contributed by atoms with Crippen LogP contribution in [0.2, 0.25) is 0 Å². The molecule has 1 N–H and O–H groups in total. The van der Waals surface area contributed by atoms with Crippen LogP contribution in [-0.2, 0) is 15.3 Å². The molecule has 1 aliphatic heterocycles. The van der Waals surface area contributed by atoms with Crippen molar-refractivity contribution >= 4 is 23.7 Å². The Morgan fingerprint density at radius 2 is 1.88 bits per heavy atom. The third kappa shape index (κ3) is 5.22. The molecule has 0 saturated carbocycles. The van der Waals surface area contributed by atoms with Crippen LogP contribution < -0.4 is 10.1 Å². The molecule has 1 atom stereocenters. The number of rotatable bonds is 9. The van der Waals surface area contributed by atoms with Crippen LogP contribution in [0.1, 0.15) is 44.4 Å². The van der Waals surface area contributed by atoms with Crippen molar-refractivity contribution in [3.63, 3.8) is 0 Å². The highest BCUT2D eigenvalue weighted by Gasteiger charge is 2.35. The highest BCUT2D eigenvalue weighted by molar-refractivity contribution is 7.98. The van der Waals surface area contributed by atoms with Crippen LogP contribution in [0.15, 0.2) is 71.0 Å². The summed E-state index contributed by atoms with van der Waals surface area (Å²) in [6, 6.07) is 17.5. The number of fused-ring (bicyclic) bond motifs is 1. The molecule has 8 heteroatoms. The molecule has 1 aromatic heterocycles. The Bertz CT molecular complexity index is 1130. The molecule has 1 aliphatic rings. The molecule has 1 unspecified atom stereocenters. The van der Waals surface area contributed by atoms with Gasteiger partial charge in [0.1, 0.15) is 11.8 Å². The van der Waals surface area contributed by atoms with Gasteiger partial charge in [-0.15, -0.1) is 5.10 Å². The van der Waals surface area contributed by atoms with E-state index in [2.05, 4.69) is 29.4 Å². The standard InChI is InChI=1S/C25H28N4O3S/c1-4-15-32-20-13-11-19(12-14-20)22-21(23(30)31-5-2)17(3)26-24-27-25(28-29(22)24)33-16-18-9-7-6-8-10-18/h6-14,22H,4-5,15-16H2,1-3H3,(H,26,27,28). The molecule has 0 spiro atoms. The molecule has 2 aromatic carbocycles. The first-order valence-corrected chi connectivity index (χ1v) is 12.1. The first-order valence-electron chi connectivity index (χ1n) is 11.1. The number of hydrogen-bond acceptors (Lipinski definition) is 7. The van der Waals surface area contributed by atoms with Gasteiger partial charge >= 0.3 is 5.97 Å². The number of nitrogens with one attached hydrogen (secondary N) is 1. The lowest BCUT2D eigenvalue weighted by atomic mass is 9.96. The van der Waals surface area contributed by atoms with Crippen LogP contribution in [-0.4, -0.2) is 33.9 Å². The van der Waals surface area contributed by atoms with Crippen LogP contribution in [0.3, 0.4) is 0 Å². The van der Waals surface area contributed by atoms with E-state index in [1.165, 1.54) is 5.56 Å². The second kappa shape index (κ2) is 10.6. The Hall–Kier alpha value is -3.26. The lowest BCUT2D eigenvalue weighted by Gasteiger charge is -2.28. The summed E-state index contributed by atoms with van der Waals surface area (Å²) in [5.41, 5.74) is 3.35. The number of benzene rings is 2. The van der Waals surface area contributed by atoms with Gasteiger partial charge in [-0.3, -0.25) is 0 Å². The predicted molar refractivity (Wildman–Crippen MR) is 129 cm³/mol. The molecule has 33 heavy (non-hydrogen) atoms. The SMILES string of the molecule is CCCOc1ccc(C2C(C(=O)OCC)=C(C)Nc3nc(SCc4ccccc4)nn32)cc1. The molecule has 4 rings (SSSR count). The fourth-order valence-corrected chi connectivity index (χ4v) is 4.45. The number of thioether (sulfide) groups is 1. The maximum absolute atomic E-state index is 12.9. The minimum absolute atomic E-state index is 0.300. The monoisotopic (exact) mass is 464 g/mol. The zero-order chi connectivity index (χ0) is 23.2. The number of nitrogens with zero attached hydrogens (tertiary/aromatic N) is 3. The lowest BCUT2D eigenvalue weighted by molar-refractivity contribution is -0.139. The van der Waals surface area contributed by atoms with E-state index >= 15 is 0 Å². The average Bonchev–Trinajstić information content (AvgIpc) is 3.24. The summed E-state index contributed by atoms with van der Waals surface area (Å²) >= 11 is 1.56. The van der Waals surface area contributed by atoms with Crippen molar-refractivity contribution in [3.8, 4) is 5.75 Å². The Labute approximate surface area is 198 Å². The molecule has 3 aromatic rings. The number of carbonyl (C=O) groups excluding carboxylic acids is 1. The highest BCUT2D eigenvalue weighted by atomic mass is 32.2. The Morgan fingerprint density at radius 1 is 1.12 bits per heavy atom. The Morgan fingerprint density at radius 3 is 2.58 bits per heavy atom. The summed E-state index contributed by atoms with van der Waals surface area (Å²) in [6.45, 7) is 6.71. The van der Waals surface area contributed by atoms with Crippen LogP contribution >= 0.6 is 11.8 Å². The minimum atomic E-state index is -0.445. The maximum Gasteiger partial charge on any atom is 0.338 e. The van der Waals surface area contributed by atoms with Crippen molar-refractivity contribution in [2.45, 2.75) is 44.1 Å². The van der Waals surface area contributed by atoms with Crippen LogP contribution in [0, 0.1) is 0 Å². The summed E-state index contributed by atoms with van der Waals surface area (Å²) < 4.78 is 12.9. The van der Waals surface area contributed by atoms with Crippen molar-refractivity contribution in [2.24, 2.45) is 0 Å². The highest BCUT2D eigenvalue weighted by Crippen LogP contribution is 2.37. The summed E-state index contributed by atoms with van der Waals surface area (Å²) in [7, 11) is 0. The molecule has 7 nitrogen and oxygen atoms in total. The van der Waals surface area contributed by atoms with Crippen LogP contribution in [0.5, 0.6) is 5.75 Å². The molecular weight excluding hydrogens is 436 g/mol. The van der Waals surface area contributed by atoms with Gasteiger partial charge in [0.15, 0.2) is 0 Å². The topological polar surface area (TPSA) is 78.3 Å². The maximum atomic E-state index is 12.9. The van der Waals surface area contributed by atoms with Gasteiger partial charge in [-0.25, -0.2) is 9.48 Å². The second-order valence-corrected chi connectivity index (χ2v) is 8.58. The van der Waals surface area contributed by atoms with E-state index in [0.717, 1.165) is 23.5 Å². The molecule has 0 aliphatic carbocycles. The van der Waals surface area contributed by atoms with E-state index in [4.69, 9.17) is 14.6 Å². The smallest absolute Gasteiger partial charge is 0.338 e. The summed E-state index contributed by atoms with van der Waals surface area (Å²) in [4.78, 5) is 17.6. The number of ether oxygens (including phenoxy) is 2. The average molecular weight is 465 g/mol. The quantitative estimate of drug-likeness (QED) is 0.344. The Balaban J connectivity index is 1.66. The number of hydrogen-bond donors (Lipinski definition) is 1. The number of anilines is 1. The van der Waals surface area contributed by atoms with Crippen molar-refractivity contribution < 1.29 is 14.3 Å². The van der Waals surface area contributed by atoms with Gasteiger partial charge < -0.3 is 14.8 Å². The summed E-state index contributed by atoms with van der Waals surface area (Å²) in [6.07, 6.45) is 0.941. The zero-order valence-electron chi connectivity index (χ0n) is 19.1. The van der Waals surface area contributed by atoms with Gasteiger partial charge in [0.2, 0.25) is 11.1 Å². The van der Waals surface area contributed by atoms with Gasteiger partial charge in [0.25, 0.3) is 0 Å². The number of aromatic nitrogens is 3. The van der Waals surface area contributed by atoms with Gasteiger partial charge in [0.05, 0.1) is 18.8 Å². The third-order valence-electron chi connectivity index (χ3n) is 5.21. The lowest BCUT2D eigenvalue weighted by Crippen LogP contribution is -2.29. The van der Waals surface area contributed by atoms with E-state index in [1.807, 2.05) is 49.4 Å². The zero-order valence-corrected chi connectivity index (χ0v) is 19.9. The number of esters is 1. The largest absolute Gasteiger partial charge is 0.494 e. The number of allylic oxidation sites excluding steroid dienone is 1.